The first-order chi connectivity index (χ1) is 8.26. The van der Waals surface area contributed by atoms with E-state index in [4.69, 9.17) is 19.0 Å². The Morgan fingerprint density at radius 3 is 2.29 bits per heavy atom. The lowest BCUT2D eigenvalue weighted by molar-refractivity contribution is 0.0740. The van der Waals surface area contributed by atoms with Crippen molar-refractivity contribution in [2.24, 2.45) is 11.7 Å². The maximum Gasteiger partial charge on any atom is 0.500 e. The Kier molecular flexibility index (Phi) is 7.30. The van der Waals surface area contributed by atoms with Gasteiger partial charge in [-0.1, -0.05) is 19.3 Å². The topological polar surface area (TPSA) is 53.7 Å². The molecule has 0 aliphatic heterocycles. The van der Waals surface area contributed by atoms with Crippen molar-refractivity contribution < 1.29 is 13.3 Å². The lowest BCUT2D eigenvalue weighted by Crippen LogP contribution is -2.45. The van der Waals surface area contributed by atoms with Gasteiger partial charge < -0.3 is 19.0 Å². The van der Waals surface area contributed by atoms with Crippen LogP contribution >= 0.6 is 0 Å². The van der Waals surface area contributed by atoms with Crippen LogP contribution in [0.25, 0.3) is 0 Å². The molecular formula is C12H27NO3Si. The Labute approximate surface area is 106 Å². The van der Waals surface area contributed by atoms with E-state index in [9.17, 15) is 0 Å². The van der Waals surface area contributed by atoms with Crippen molar-refractivity contribution >= 4 is 8.80 Å². The molecule has 2 N–H and O–H groups in total. The summed E-state index contributed by atoms with van der Waals surface area (Å²) in [5, 5.41) is 0. The molecule has 4 nitrogen and oxygen atoms in total. The van der Waals surface area contributed by atoms with Gasteiger partial charge in [0.15, 0.2) is 0 Å². The molecule has 0 amide bonds. The predicted molar refractivity (Wildman–Crippen MR) is 70.8 cm³/mol. The van der Waals surface area contributed by atoms with Crippen LogP contribution in [0.5, 0.6) is 0 Å². The zero-order valence-corrected chi connectivity index (χ0v) is 12.2. The van der Waals surface area contributed by atoms with Gasteiger partial charge >= 0.3 is 8.80 Å². The third-order valence-corrected chi connectivity index (χ3v) is 6.39. The zero-order valence-electron chi connectivity index (χ0n) is 11.2. The van der Waals surface area contributed by atoms with Gasteiger partial charge in [-0.25, -0.2) is 0 Å². The smallest absolute Gasteiger partial charge is 0.377 e. The molecule has 1 saturated carbocycles. The average molecular weight is 261 g/mol. The van der Waals surface area contributed by atoms with Gasteiger partial charge in [0.05, 0.1) is 0 Å². The van der Waals surface area contributed by atoms with Gasteiger partial charge in [0.25, 0.3) is 0 Å². The normalized spacial score (nSPS) is 18.5. The molecule has 0 saturated heterocycles. The lowest BCUT2D eigenvalue weighted by atomic mass is 9.90. The average Bonchev–Trinajstić information content (AvgIpc) is 2.41. The van der Waals surface area contributed by atoms with E-state index in [2.05, 4.69) is 0 Å². The summed E-state index contributed by atoms with van der Waals surface area (Å²) in [4.78, 5) is 0. The number of rotatable bonds is 8. The van der Waals surface area contributed by atoms with Gasteiger partial charge in [0.2, 0.25) is 0 Å². The molecule has 1 fully saturated rings. The molecule has 0 heterocycles. The fraction of sp³-hybridized carbons (Fsp3) is 1.00. The highest BCUT2D eigenvalue weighted by Crippen LogP contribution is 2.26. The third kappa shape index (κ3) is 5.05. The molecule has 0 radical (unpaired) electrons. The van der Waals surface area contributed by atoms with Gasteiger partial charge in [0.1, 0.15) is 0 Å². The standard InChI is InChI=1S/C12H27NO3Si/c1-14-17(15-2,10-6-9-13)16-11-12-7-4-3-5-8-12/h12H,3-11,13H2,1-2H3. The molecular weight excluding hydrogens is 234 g/mol. The van der Waals surface area contributed by atoms with Crippen LogP contribution in [0.3, 0.4) is 0 Å². The van der Waals surface area contributed by atoms with Crippen LogP contribution in [0, 0.1) is 5.92 Å². The quantitative estimate of drug-likeness (QED) is 0.680. The fourth-order valence-corrected chi connectivity index (χ4v) is 4.48. The van der Waals surface area contributed by atoms with Crippen LogP contribution in [0.1, 0.15) is 38.5 Å². The summed E-state index contributed by atoms with van der Waals surface area (Å²) in [6, 6.07) is 0.823. The van der Waals surface area contributed by atoms with Crippen molar-refractivity contribution in [1.29, 1.82) is 0 Å². The number of hydrogen-bond acceptors (Lipinski definition) is 4. The zero-order chi connectivity index (χ0) is 12.6. The van der Waals surface area contributed by atoms with E-state index in [0.29, 0.717) is 12.5 Å². The lowest BCUT2D eigenvalue weighted by Gasteiger charge is -2.29. The molecule has 1 aliphatic carbocycles. The number of nitrogens with two attached hydrogens (primary N) is 1. The predicted octanol–water partition coefficient (Wildman–Crippen LogP) is 2.16. The van der Waals surface area contributed by atoms with Gasteiger partial charge in [-0.2, -0.15) is 0 Å². The van der Waals surface area contributed by atoms with Crippen LogP contribution in [0.4, 0.5) is 0 Å². The van der Waals surface area contributed by atoms with E-state index in [1.165, 1.54) is 32.1 Å². The molecule has 0 atom stereocenters. The highest BCUT2D eigenvalue weighted by Gasteiger charge is 2.38. The van der Waals surface area contributed by atoms with Gasteiger partial charge in [-0.3, -0.25) is 0 Å². The van der Waals surface area contributed by atoms with E-state index in [1.807, 2.05) is 0 Å². The molecule has 5 heteroatoms. The van der Waals surface area contributed by atoms with E-state index in [0.717, 1.165) is 19.1 Å². The minimum Gasteiger partial charge on any atom is -0.377 e. The van der Waals surface area contributed by atoms with Crippen molar-refractivity contribution in [3.63, 3.8) is 0 Å². The highest BCUT2D eigenvalue weighted by atomic mass is 28.4. The van der Waals surface area contributed by atoms with Crippen molar-refractivity contribution in [2.45, 2.75) is 44.6 Å². The van der Waals surface area contributed by atoms with Crippen LogP contribution in [-0.2, 0) is 13.3 Å². The van der Waals surface area contributed by atoms with Crippen LogP contribution < -0.4 is 5.73 Å². The summed E-state index contributed by atoms with van der Waals surface area (Å²) in [6.45, 7) is 1.45. The Balaban J connectivity index is 2.36. The largest absolute Gasteiger partial charge is 0.500 e. The monoisotopic (exact) mass is 261 g/mol. The molecule has 0 aromatic carbocycles. The molecule has 0 bridgehead atoms. The van der Waals surface area contributed by atoms with Crippen LogP contribution in [0.2, 0.25) is 6.04 Å². The second kappa shape index (κ2) is 8.21. The summed E-state index contributed by atoms with van der Waals surface area (Å²) in [5.74, 6) is 0.693. The summed E-state index contributed by atoms with van der Waals surface area (Å²) in [6.07, 6.45) is 7.53. The molecule has 0 spiro atoms. The summed E-state index contributed by atoms with van der Waals surface area (Å²) in [5.41, 5.74) is 5.54. The van der Waals surface area contributed by atoms with Crippen molar-refractivity contribution in [3.8, 4) is 0 Å². The first-order valence-electron chi connectivity index (χ1n) is 6.70. The molecule has 0 aromatic rings. The molecule has 1 rings (SSSR count). The van der Waals surface area contributed by atoms with Crippen molar-refractivity contribution in [3.05, 3.63) is 0 Å². The summed E-state index contributed by atoms with van der Waals surface area (Å²) in [7, 11) is 0.947. The minimum atomic E-state index is -2.43. The fourth-order valence-electron chi connectivity index (χ4n) is 2.39. The van der Waals surface area contributed by atoms with Gasteiger partial charge in [-0.05, 0) is 31.7 Å². The Bertz CT molecular complexity index is 194. The van der Waals surface area contributed by atoms with Crippen LogP contribution in [-0.4, -0.2) is 36.2 Å². The molecule has 0 unspecified atom stereocenters. The van der Waals surface area contributed by atoms with E-state index in [1.54, 1.807) is 14.2 Å². The molecule has 0 aromatic heterocycles. The van der Waals surface area contributed by atoms with Crippen LogP contribution in [0.15, 0.2) is 0 Å². The molecule has 17 heavy (non-hydrogen) atoms. The van der Waals surface area contributed by atoms with Gasteiger partial charge in [-0.15, -0.1) is 0 Å². The SMILES string of the molecule is CO[Si](CCCN)(OC)OCC1CCCCC1. The first kappa shape index (κ1) is 15.1. The second-order valence-electron chi connectivity index (χ2n) is 4.80. The van der Waals surface area contributed by atoms with Crippen molar-refractivity contribution in [1.82, 2.24) is 0 Å². The van der Waals surface area contributed by atoms with E-state index >= 15 is 0 Å². The summed E-state index contributed by atoms with van der Waals surface area (Å²) >= 11 is 0. The highest BCUT2D eigenvalue weighted by molar-refractivity contribution is 6.60. The minimum absolute atomic E-state index is 0.661. The number of hydrogen-bond donors (Lipinski definition) is 1. The summed E-state index contributed by atoms with van der Waals surface area (Å²) < 4.78 is 17.0. The third-order valence-electron chi connectivity index (χ3n) is 3.57. The van der Waals surface area contributed by atoms with E-state index in [-0.39, 0.29) is 0 Å². The Morgan fingerprint density at radius 2 is 1.76 bits per heavy atom. The van der Waals surface area contributed by atoms with Gasteiger partial charge in [0, 0.05) is 26.9 Å². The maximum absolute atomic E-state index is 6.01. The molecule has 1 aliphatic rings. The van der Waals surface area contributed by atoms with Crippen molar-refractivity contribution in [2.75, 3.05) is 27.4 Å². The molecule has 102 valence electrons. The Morgan fingerprint density at radius 1 is 1.12 bits per heavy atom. The van der Waals surface area contributed by atoms with E-state index < -0.39 is 8.80 Å². The first-order valence-corrected chi connectivity index (χ1v) is 8.64. The maximum atomic E-state index is 6.01. The Hall–Kier alpha value is 0.0569. The second-order valence-corrected chi connectivity index (χ2v) is 7.77.